The van der Waals surface area contributed by atoms with Crippen molar-refractivity contribution in [3.63, 3.8) is 0 Å². The van der Waals surface area contributed by atoms with Gasteiger partial charge in [-0.25, -0.2) is 0 Å². The number of anilines is 2. The largest absolute Gasteiger partial charge is 0.334 e. The van der Waals surface area contributed by atoms with Gasteiger partial charge in [0.1, 0.15) is 0 Å². The van der Waals surface area contributed by atoms with E-state index in [1.807, 2.05) is 0 Å². The topological polar surface area (TPSA) is 6.48 Å². The molecule has 0 atom stereocenters. The first kappa shape index (κ1) is 14.7. The molecule has 0 N–H and O–H groups in total. The van der Waals surface area contributed by atoms with Gasteiger partial charge in [-0.05, 0) is 37.8 Å². The maximum absolute atomic E-state index is 7.03. The van der Waals surface area contributed by atoms with Crippen molar-refractivity contribution in [2.24, 2.45) is 0 Å². The van der Waals surface area contributed by atoms with Crippen LogP contribution in [0.3, 0.4) is 0 Å². The Morgan fingerprint density at radius 1 is 0.682 bits per heavy atom. The molecule has 1 aromatic rings. The summed E-state index contributed by atoms with van der Waals surface area (Å²) in [5.41, 5.74) is 2.77. The second kappa shape index (κ2) is 6.31. The van der Waals surface area contributed by atoms with Crippen LogP contribution >= 0.6 is 11.6 Å². The Labute approximate surface area is 139 Å². The molecule has 120 valence electrons. The molecule has 0 saturated heterocycles. The predicted molar refractivity (Wildman–Crippen MR) is 94.8 cm³/mol. The molecular weight excluding hydrogens is 292 g/mol. The second-order valence-electron chi connectivity index (χ2n) is 7.20. The van der Waals surface area contributed by atoms with Crippen LogP contribution in [-0.4, -0.2) is 17.7 Å². The molecule has 4 rings (SSSR count). The molecule has 0 bridgehead atoms. The Balaban J connectivity index is 1.66. The smallest absolute Gasteiger partial charge is 0.180 e. The van der Waals surface area contributed by atoms with Gasteiger partial charge in [-0.3, -0.25) is 0 Å². The SMILES string of the molecule is ClC1N(C2CCCCC2)c2ccccc2N1C1CCCCC1. The van der Waals surface area contributed by atoms with Crippen LogP contribution in [0.2, 0.25) is 0 Å². The quantitative estimate of drug-likeness (QED) is 0.524. The van der Waals surface area contributed by atoms with E-state index in [4.69, 9.17) is 11.6 Å². The molecule has 22 heavy (non-hydrogen) atoms. The molecule has 3 aliphatic rings. The molecule has 2 saturated carbocycles. The van der Waals surface area contributed by atoms with Crippen molar-refractivity contribution < 1.29 is 0 Å². The van der Waals surface area contributed by atoms with E-state index in [2.05, 4.69) is 34.1 Å². The van der Waals surface area contributed by atoms with Crippen LogP contribution in [0.25, 0.3) is 0 Å². The lowest BCUT2D eigenvalue weighted by Crippen LogP contribution is -2.49. The van der Waals surface area contributed by atoms with Gasteiger partial charge in [0.05, 0.1) is 11.4 Å². The summed E-state index contributed by atoms with van der Waals surface area (Å²) < 4.78 is 0. The summed E-state index contributed by atoms with van der Waals surface area (Å²) in [6.45, 7) is 0. The zero-order valence-corrected chi connectivity index (χ0v) is 14.1. The summed E-state index contributed by atoms with van der Waals surface area (Å²) in [6, 6.07) is 10.2. The molecule has 2 aliphatic carbocycles. The molecule has 0 amide bonds. The molecule has 2 fully saturated rings. The Morgan fingerprint density at radius 3 is 1.50 bits per heavy atom. The van der Waals surface area contributed by atoms with Crippen LogP contribution in [0.1, 0.15) is 64.2 Å². The van der Waals surface area contributed by atoms with Crippen LogP contribution in [-0.2, 0) is 0 Å². The first-order chi connectivity index (χ1) is 10.9. The Hall–Kier alpha value is -0.890. The summed E-state index contributed by atoms with van der Waals surface area (Å²) in [5.74, 6) is 0. The summed E-state index contributed by atoms with van der Waals surface area (Å²) in [6.07, 6.45) is 13.4. The monoisotopic (exact) mass is 318 g/mol. The number of hydrogen-bond acceptors (Lipinski definition) is 2. The summed E-state index contributed by atoms with van der Waals surface area (Å²) in [7, 11) is 0. The Bertz CT molecular complexity index is 461. The lowest BCUT2D eigenvalue weighted by Gasteiger charge is -2.40. The van der Waals surface area contributed by atoms with Gasteiger partial charge in [-0.15, -0.1) is 0 Å². The highest BCUT2D eigenvalue weighted by atomic mass is 35.5. The number of benzene rings is 1. The van der Waals surface area contributed by atoms with Gasteiger partial charge in [0, 0.05) is 12.1 Å². The van der Waals surface area contributed by atoms with Crippen molar-refractivity contribution in [3.8, 4) is 0 Å². The Morgan fingerprint density at radius 2 is 1.09 bits per heavy atom. The van der Waals surface area contributed by atoms with Crippen molar-refractivity contribution in [2.45, 2.75) is 81.9 Å². The second-order valence-corrected chi connectivity index (χ2v) is 7.59. The normalized spacial score (nSPS) is 24.8. The standard InChI is InChI=1S/C19H27ClN2/c20-19-21(15-9-3-1-4-10-15)17-13-7-8-14-18(17)22(19)16-11-5-2-6-12-16/h7-8,13-16,19H,1-6,9-12H2. The molecule has 1 aromatic carbocycles. The lowest BCUT2D eigenvalue weighted by molar-refractivity contribution is 0.382. The van der Waals surface area contributed by atoms with Gasteiger partial charge in [-0.2, -0.15) is 0 Å². The van der Waals surface area contributed by atoms with Crippen molar-refractivity contribution in [1.82, 2.24) is 0 Å². The van der Waals surface area contributed by atoms with Crippen molar-refractivity contribution >= 4 is 23.0 Å². The fourth-order valence-electron chi connectivity index (χ4n) is 4.72. The van der Waals surface area contributed by atoms with Crippen molar-refractivity contribution in [3.05, 3.63) is 24.3 Å². The predicted octanol–water partition coefficient (Wildman–Crippen LogP) is 5.50. The van der Waals surface area contributed by atoms with Gasteiger partial charge >= 0.3 is 0 Å². The fourth-order valence-corrected chi connectivity index (χ4v) is 5.25. The van der Waals surface area contributed by atoms with Crippen molar-refractivity contribution in [2.75, 3.05) is 9.80 Å². The highest BCUT2D eigenvalue weighted by Crippen LogP contribution is 2.46. The van der Waals surface area contributed by atoms with E-state index in [-0.39, 0.29) is 5.62 Å². The van der Waals surface area contributed by atoms with E-state index < -0.39 is 0 Å². The highest BCUT2D eigenvalue weighted by Gasteiger charge is 2.41. The average Bonchev–Trinajstić information content (AvgIpc) is 2.88. The minimum atomic E-state index is 0.0172. The molecule has 1 heterocycles. The number of alkyl halides is 1. The van der Waals surface area contributed by atoms with Crippen LogP contribution in [0.15, 0.2) is 24.3 Å². The molecule has 3 heteroatoms. The molecule has 0 radical (unpaired) electrons. The average molecular weight is 319 g/mol. The molecule has 1 aliphatic heterocycles. The van der Waals surface area contributed by atoms with E-state index in [1.165, 1.54) is 75.6 Å². The summed E-state index contributed by atoms with van der Waals surface area (Å²) in [4.78, 5) is 5.06. The highest BCUT2D eigenvalue weighted by molar-refractivity contribution is 6.24. The number of halogens is 1. The Kier molecular flexibility index (Phi) is 4.21. The van der Waals surface area contributed by atoms with E-state index in [0.29, 0.717) is 12.1 Å². The van der Waals surface area contributed by atoms with Gasteiger partial charge in [-0.1, -0.05) is 62.3 Å². The van der Waals surface area contributed by atoms with Gasteiger partial charge in [0.2, 0.25) is 0 Å². The zero-order chi connectivity index (χ0) is 14.9. The molecular formula is C19H27ClN2. The summed E-state index contributed by atoms with van der Waals surface area (Å²) in [5, 5.41) is 0. The molecule has 0 unspecified atom stereocenters. The third kappa shape index (κ3) is 2.50. The minimum Gasteiger partial charge on any atom is -0.334 e. The number of hydrogen-bond donors (Lipinski definition) is 0. The van der Waals surface area contributed by atoms with Gasteiger partial charge < -0.3 is 9.80 Å². The van der Waals surface area contributed by atoms with Crippen LogP contribution in [0.4, 0.5) is 11.4 Å². The lowest BCUT2D eigenvalue weighted by atomic mass is 9.94. The summed E-state index contributed by atoms with van der Waals surface area (Å²) >= 11 is 7.03. The van der Waals surface area contributed by atoms with Gasteiger partial charge in [0.25, 0.3) is 0 Å². The fraction of sp³-hybridized carbons (Fsp3) is 0.684. The van der Waals surface area contributed by atoms with Crippen LogP contribution < -0.4 is 9.80 Å². The minimum absolute atomic E-state index is 0.0172. The maximum Gasteiger partial charge on any atom is 0.180 e. The van der Waals surface area contributed by atoms with Crippen LogP contribution in [0, 0.1) is 0 Å². The third-order valence-electron chi connectivity index (χ3n) is 5.83. The number of para-hydroxylation sites is 2. The third-order valence-corrected chi connectivity index (χ3v) is 6.25. The molecule has 0 aromatic heterocycles. The maximum atomic E-state index is 7.03. The first-order valence-corrected chi connectivity index (χ1v) is 9.60. The number of nitrogens with zero attached hydrogens (tertiary/aromatic N) is 2. The number of rotatable bonds is 2. The van der Waals surface area contributed by atoms with E-state index >= 15 is 0 Å². The molecule has 2 nitrogen and oxygen atoms in total. The van der Waals surface area contributed by atoms with E-state index in [0.717, 1.165) is 0 Å². The van der Waals surface area contributed by atoms with Crippen molar-refractivity contribution in [1.29, 1.82) is 0 Å². The van der Waals surface area contributed by atoms with E-state index in [9.17, 15) is 0 Å². The van der Waals surface area contributed by atoms with Crippen LogP contribution in [0.5, 0.6) is 0 Å². The number of fused-ring (bicyclic) bond motifs is 1. The van der Waals surface area contributed by atoms with E-state index in [1.54, 1.807) is 0 Å². The first-order valence-electron chi connectivity index (χ1n) is 9.16. The zero-order valence-electron chi connectivity index (χ0n) is 13.4. The molecule has 0 spiro atoms. The van der Waals surface area contributed by atoms with Gasteiger partial charge in [0.15, 0.2) is 5.62 Å².